The van der Waals surface area contributed by atoms with Gasteiger partial charge in [0.1, 0.15) is 11.9 Å². The molecule has 2 aliphatic heterocycles. The largest absolute Gasteiger partial charge is 0.385 e. The molecular formula is C12H16N4O2. The zero-order valence-electron chi connectivity index (χ0n) is 10.1. The monoisotopic (exact) mass is 248 g/mol. The van der Waals surface area contributed by atoms with Gasteiger partial charge in [0.15, 0.2) is 0 Å². The van der Waals surface area contributed by atoms with E-state index in [0.29, 0.717) is 0 Å². The van der Waals surface area contributed by atoms with Gasteiger partial charge in [0.2, 0.25) is 5.91 Å². The Morgan fingerprint density at radius 1 is 1.50 bits per heavy atom. The van der Waals surface area contributed by atoms with Crippen LogP contribution in [0, 0.1) is 12.3 Å². The average molecular weight is 248 g/mol. The van der Waals surface area contributed by atoms with E-state index in [1.165, 1.54) is 4.90 Å². The first kappa shape index (κ1) is 12.4. The summed E-state index contributed by atoms with van der Waals surface area (Å²) in [7, 11) is 0. The summed E-state index contributed by atoms with van der Waals surface area (Å²) < 4.78 is 0. The molecule has 6 nitrogen and oxygen atoms in total. The maximum atomic E-state index is 12.0. The van der Waals surface area contributed by atoms with E-state index in [1.54, 1.807) is 4.90 Å². The number of carbonyl (C=O) groups is 2. The van der Waals surface area contributed by atoms with Crippen molar-refractivity contribution in [2.24, 2.45) is 10.7 Å². The van der Waals surface area contributed by atoms with Crippen molar-refractivity contribution in [3.8, 4) is 12.3 Å². The molecule has 2 rings (SSSR count). The smallest absolute Gasteiger partial charge is 0.346 e. The second kappa shape index (κ2) is 5.08. The summed E-state index contributed by atoms with van der Waals surface area (Å²) in [4.78, 5) is 30.4. The first-order valence-corrected chi connectivity index (χ1v) is 5.99. The molecule has 3 amide bonds. The van der Waals surface area contributed by atoms with Gasteiger partial charge in [0, 0.05) is 13.1 Å². The number of urea groups is 1. The van der Waals surface area contributed by atoms with Crippen LogP contribution in [-0.2, 0) is 4.79 Å². The van der Waals surface area contributed by atoms with E-state index in [1.807, 2.05) is 0 Å². The number of amides is 3. The van der Waals surface area contributed by atoms with E-state index in [9.17, 15) is 9.59 Å². The van der Waals surface area contributed by atoms with Crippen molar-refractivity contribution < 1.29 is 9.59 Å². The molecule has 1 fully saturated rings. The predicted molar refractivity (Wildman–Crippen MR) is 66.8 cm³/mol. The molecule has 1 saturated heterocycles. The standard InChI is InChI=1S/C12H16N4O2/c1-2-5-16-9(11(13)14-12(16)18)8-10(17)15-6-3-4-7-15/h1,9H,3-8H2,(H2,13,14,18). The van der Waals surface area contributed by atoms with E-state index in [4.69, 9.17) is 12.2 Å². The Labute approximate surface area is 106 Å². The molecule has 0 radical (unpaired) electrons. The molecule has 0 aromatic rings. The first-order chi connectivity index (χ1) is 8.63. The molecule has 1 atom stereocenters. The van der Waals surface area contributed by atoms with Crippen LogP contribution in [-0.4, -0.2) is 53.2 Å². The van der Waals surface area contributed by atoms with Gasteiger partial charge in [-0.1, -0.05) is 5.92 Å². The third-order valence-corrected chi connectivity index (χ3v) is 3.28. The minimum Gasteiger partial charge on any atom is -0.385 e. The van der Waals surface area contributed by atoms with E-state index in [-0.39, 0.29) is 24.7 Å². The van der Waals surface area contributed by atoms with Gasteiger partial charge in [-0.3, -0.25) is 4.79 Å². The number of hydrogen-bond acceptors (Lipinski definition) is 3. The molecule has 0 saturated carbocycles. The van der Waals surface area contributed by atoms with E-state index >= 15 is 0 Å². The molecule has 18 heavy (non-hydrogen) atoms. The fraction of sp³-hybridized carbons (Fsp3) is 0.583. The second-order valence-corrected chi connectivity index (χ2v) is 4.46. The van der Waals surface area contributed by atoms with Crippen LogP contribution in [0.3, 0.4) is 0 Å². The molecule has 0 aliphatic carbocycles. The molecule has 2 aliphatic rings. The molecule has 96 valence electrons. The normalized spacial score (nSPS) is 23.2. The molecule has 0 spiro atoms. The van der Waals surface area contributed by atoms with Gasteiger partial charge in [-0.25, -0.2) is 4.79 Å². The highest BCUT2D eigenvalue weighted by Crippen LogP contribution is 2.17. The minimum absolute atomic E-state index is 0.00683. The molecule has 2 heterocycles. The molecule has 0 aromatic carbocycles. The minimum atomic E-state index is -0.485. The Bertz CT molecular complexity index is 432. The van der Waals surface area contributed by atoms with Crippen molar-refractivity contribution >= 4 is 17.8 Å². The van der Waals surface area contributed by atoms with Crippen molar-refractivity contribution in [1.29, 1.82) is 0 Å². The number of carbonyl (C=O) groups excluding carboxylic acids is 2. The summed E-state index contributed by atoms with van der Waals surface area (Å²) in [5, 5.41) is 0. The number of nitrogens with two attached hydrogens (primary N) is 1. The zero-order valence-corrected chi connectivity index (χ0v) is 10.1. The number of terminal acetylenes is 1. The molecule has 2 N–H and O–H groups in total. The van der Waals surface area contributed by atoms with Crippen LogP contribution in [0.4, 0.5) is 4.79 Å². The van der Waals surface area contributed by atoms with Gasteiger partial charge >= 0.3 is 6.03 Å². The molecular weight excluding hydrogens is 232 g/mol. The van der Waals surface area contributed by atoms with E-state index in [2.05, 4.69) is 10.9 Å². The lowest BCUT2D eigenvalue weighted by Crippen LogP contribution is -2.44. The number of rotatable bonds is 3. The summed E-state index contributed by atoms with van der Waals surface area (Å²) in [6.45, 7) is 1.69. The van der Waals surface area contributed by atoms with Crippen molar-refractivity contribution in [2.45, 2.75) is 25.3 Å². The summed E-state index contributed by atoms with van der Waals surface area (Å²) >= 11 is 0. The van der Waals surface area contributed by atoms with Crippen molar-refractivity contribution in [3.63, 3.8) is 0 Å². The zero-order chi connectivity index (χ0) is 13.1. The fourth-order valence-electron chi connectivity index (χ4n) is 2.29. The Hall–Kier alpha value is -2.03. The van der Waals surface area contributed by atoms with Crippen LogP contribution < -0.4 is 5.73 Å². The first-order valence-electron chi connectivity index (χ1n) is 5.99. The molecule has 0 aromatic heterocycles. The number of aliphatic imine (C=N–C) groups is 1. The topological polar surface area (TPSA) is 79.0 Å². The Kier molecular flexibility index (Phi) is 3.51. The summed E-state index contributed by atoms with van der Waals surface area (Å²) in [6, 6.07) is -0.939. The van der Waals surface area contributed by atoms with Gasteiger partial charge in [-0.15, -0.1) is 6.42 Å². The second-order valence-electron chi connectivity index (χ2n) is 4.46. The summed E-state index contributed by atoms with van der Waals surface area (Å²) in [5.41, 5.74) is 5.69. The lowest BCUT2D eigenvalue weighted by Gasteiger charge is -2.24. The number of likely N-dealkylation sites (tertiary alicyclic amines) is 1. The highest BCUT2D eigenvalue weighted by atomic mass is 16.2. The van der Waals surface area contributed by atoms with Gasteiger partial charge in [0.05, 0.1) is 13.0 Å². The van der Waals surface area contributed by atoms with Crippen LogP contribution in [0.25, 0.3) is 0 Å². The van der Waals surface area contributed by atoms with Gasteiger partial charge in [-0.2, -0.15) is 4.99 Å². The van der Waals surface area contributed by atoms with Crippen molar-refractivity contribution in [1.82, 2.24) is 9.80 Å². The molecule has 1 unspecified atom stereocenters. The summed E-state index contributed by atoms with van der Waals surface area (Å²) in [5.74, 6) is 2.57. The van der Waals surface area contributed by atoms with Crippen molar-refractivity contribution in [2.75, 3.05) is 19.6 Å². The van der Waals surface area contributed by atoms with Crippen molar-refractivity contribution in [3.05, 3.63) is 0 Å². The molecule has 0 bridgehead atoms. The Balaban J connectivity index is 2.02. The van der Waals surface area contributed by atoms with Crippen LogP contribution >= 0.6 is 0 Å². The van der Waals surface area contributed by atoms with Crippen LogP contribution in [0.1, 0.15) is 19.3 Å². The third-order valence-electron chi connectivity index (χ3n) is 3.28. The highest BCUT2D eigenvalue weighted by molar-refractivity contribution is 6.04. The summed E-state index contributed by atoms with van der Waals surface area (Å²) in [6.07, 6.45) is 7.44. The van der Waals surface area contributed by atoms with E-state index in [0.717, 1.165) is 25.9 Å². The predicted octanol–water partition coefficient (Wildman–Crippen LogP) is -0.207. The lowest BCUT2D eigenvalue weighted by atomic mass is 10.1. The van der Waals surface area contributed by atoms with Gasteiger partial charge in [0.25, 0.3) is 0 Å². The van der Waals surface area contributed by atoms with Crippen LogP contribution in [0.5, 0.6) is 0 Å². The fourth-order valence-corrected chi connectivity index (χ4v) is 2.29. The van der Waals surface area contributed by atoms with Crippen LogP contribution in [0.2, 0.25) is 0 Å². The number of amidine groups is 1. The maximum Gasteiger partial charge on any atom is 0.346 e. The Morgan fingerprint density at radius 2 is 2.17 bits per heavy atom. The van der Waals surface area contributed by atoms with Crippen LogP contribution in [0.15, 0.2) is 4.99 Å². The van der Waals surface area contributed by atoms with Gasteiger partial charge in [-0.05, 0) is 12.8 Å². The molecule has 6 heteroatoms. The van der Waals surface area contributed by atoms with E-state index < -0.39 is 12.1 Å². The average Bonchev–Trinajstić information content (AvgIpc) is 2.93. The Morgan fingerprint density at radius 3 is 2.78 bits per heavy atom. The number of nitrogens with zero attached hydrogens (tertiary/aromatic N) is 3. The third kappa shape index (κ3) is 2.30. The van der Waals surface area contributed by atoms with Gasteiger partial charge < -0.3 is 15.5 Å². The maximum absolute atomic E-state index is 12.0. The number of hydrogen-bond donors (Lipinski definition) is 1. The quantitative estimate of drug-likeness (QED) is 0.702. The SMILES string of the molecule is C#CCN1C(=O)N=C(N)C1CC(=O)N1CCCC1. The highest BCUT2D eigenvalue weighted by Gasteiger charge is 2.35. The lowest BCUT2D eigenvalue weighted by molar-refractivity contribution is -0.130.